The minimum Gasteiger partial charge on any atom is -0.151 e. The van der Waals surface area contributed by atoms with Crippen LogP contribution in [-0.4, -0.2) is 6.04 Å². The third kappa shape index (κ3) is 2.05. The second-order valence-corrected chi connectivity index (χ2v) is 4.50. The summed E-state index contributed by atoms with van der Waals surface area (Å²) in [6.45, 7) is 6.60. The molecule has 0 aromatic rings. The SMILES string of the molecule is CC(C)[C@H]1CC[C@H](C)CC1N=O. The zero-order valence-electron chi connectivity index (χ0n) is 8.29. The lowest BCUT2D eigenvalue weighted by Crippen LogP contribution is -2.30. The Hall–Kier alpha value is -0.400. The van der Waals surface area contributed by atoms with Gasteiger partial charge < -0.3 is 0 Å². The maximum absolute atomic E-state index is 10.6. The van der Waals surface area contributed by atoms with E-state index in [9.17, 15) is 4.91 Å². The molecule has 1 unspecified atom stereocenters. The normalized spacial score (nSPS) is 36.8. The van der Waals surface area contributed by atoms with Gasteiger partial charge in [-0.25, -0.2) is 0 Å². The Morgan fingerprint density at radius 2 is 2.00 bits per heavy atom. The van der Waals surface area contributed by atoms with E-state index in [-0.39, 0.29) is 6.04 Å². The average Bonchev–Trinajstić information content (AvgIpc) is 2.03. The molecule has 0 spiro atoms. The van der Waals surface area contributed by atoms with Gasteiger partial charge in [-0.2, -0.15) is 4.91 Å². The molecule has 0 bridgehead atoms. The first-order chi connectivity index (χ1) is 5.65. The smallest absolute Gasteiger partial charge is 0.0952 e. The van der Waals surface area contributed by atoms with Crippen LogP contribution in [0.15, 0.2) is 5.18 Å². The standard InChI is InChI=1S/C10H19NO/c1-7(2)9-5-4-8(3)6-10(9)11-12/h7-10H,4-6H2,1-3H3/t8-,9+,10?/m0/s1. The lowest BCUT2D eigenvalue weighted by atomic mass is 9.74. The lowest BCUT2D eigenvalue weighted by molar-refractivity contribution is 0.200. The third-order valence-corrected chi connectivity index (χ3v) is 3.12. The van der Waals surface area contributed by atoms with Crippen molar-refractivity contribution in [2.24, 2.45) is 22.9 Å². The number of hydrogen-bond acceptors (Lipinski definition) is 2. The van der Waals surface area contributed by atoms with Gasteiger partial charge >= 0.3 is 0 Å². The van der Waals surface area contributed by atoms with Crippen LogP contribution in [-0.2, 0) is 0 Å². The highest BCUT2D eigenvalue weighted by Gasteiger charge is 2.31. The van der Waals surface area contributed by atoms with Gasteiger partial charge in [-0.1, -0.05) is 32.4 Å². The number of rotatable bonds is 2. The highest BCUT2D eigenvalue weighted by molar-refractivity contribution is 4.84. The molecule has 0 radical (unpaired) electrons. The molecule has 2 nitrogen and oxygen atoms in total. The van der Waals surface area contributed by atoms with E-state index in [4.69, 9.17) is 0 Å². The van der Waals surface area contributed by atoms with E-state index in [0.29, 0.717) is 17.8 Å². The molecule has 1 saturated carbocycles. The van der Waals surface area contributed by atoms with E-state index in [2.05, 4.69) is 25.9 Å². The Balaban J connectivity index is 2.56. The molecule has 1 aliphatic carbocycles. The molecule has 0 N–H and O–H groups in total. The van der Waals surface area contributed by atoms with Crippen LogP contribution in [0.4, 0.5) is 0 Å². The van der Waals surface area contributed by atoms with E-state index < -0.39 is 0 Å². The van der Waals surface area contributed by atoms with Gasteiger partial charge in [0.1, 0.15) is 0 Å². The van der Waals surface area contributed by atoms with Crippen molar-refractivity contribution < 1.29 is 0 Å². The number of hydrogen-bond donors (Lipinski definition) is 0. The van der Waals surface area contributed by atoms with Gasteiger partial charge in [0.15, 0.2) is 0 Å². The summed E-state index contributed by atoms with van der Waals surface area (Å²) in [7, 11) is 0. The monoisotopic (exact) mass is 169 g/mol. The van der Waals surface area contributed by atoms with Gasteiger partial charge in [0.25, 0.3) is 0 Å². The molecular formula is C10H19NO. The summed E-state index contributed by atoms with van der Waals surface area (Å²) in [6.07, 6.45) is 3.47. The fourth-order valence-electron chi connectivity index (χ4n) is 2.27. The van der Waals surface area contributed by atoms with Gasteiger partial charge in [0.2, 0.25) is 0 Å². The molecular weight excluding hydrogens is 150 g/mol. The Kier molecular flexibility index (Phi) is 3.24. The zero-order valence-corrected chi connectivity index (χ0v) is 8.29. The number of nitrogens with zero attached hydrogens (tertiary/aromatic N) is 1. The van der Waals surface area contributed by atoms with Crippen LogP contribution in [0.1, 0.15) is 40.0 Å². The predicted molar refractivity (Wildman–Crippen MR) is 50.9 cm³/mol. The first kappa shape index (κ1) is 9.69. The third-order valence-electron chi connectivity index (χ3n) is 3.12. The van der Waals surface area contributed by atoms with Crippen LogP contribution < -0.4 is 0 Å². The summed E-state index contributed by atoms with van der Waals surface area (Å²) in [5.41, 5.74) is 0. The van der Waals surface area contributed by atoms with Gasteiger partial charge in [0, 0.05) is 0 Å². The van der Waals surface area contributed by atoms with Gasteiger partial charge in [-0.3, -0.25) is 0 Å². The van der Waals surface area contributed by atoms with Gasteiger partial charge in [-0.15, -0.1) is 0 Å². The van der Waals surface area contributed by atoms with E-state index in [1.54, 1.807) is 0 Å². The van der Waals surface area contributed by atoms with E-state index in [0.717, 1.165) is 6.42 Å². The summed E-state index contributed by atoms with van der Waals surface area (Å²) in [5.74, 6) is 1.85. The first-order valence-electron chi connectivity index (χ1n) is 4.97. The summed E-state index contributed by atoms with van der Waals surface area (Å²) in [6, 6.07) is 0.0914. The fraction of sp³-hybridized carbons (Fsp3) is 1.00. The number of nitroso groups, excluding NO2 is 1. The van der Waals surface area contributed by atoms with Crippen LogP contribution >= 0.6 is 0 Å². The van der Waals surface area contributed by atoms with E-state index in [1.165, 1.54) is 12.8 Å². The van der Waals surface area contributed by atoms with Crippen LogP contribution in [0.5, 0.6) is 0 Å². The molecule has 0 heterocycles. The van der Waals surface area contributed by atoms with Gasteiger partial charge in [-0.05, 0) is 30.6 Å². The summed E-state index contributed by atoms with van der Waals surface area (Å²) in [5, 5.41) is 3.25. The molecule has 70 valence electrons. The highest BCUT2D eigenvalue weighted by Crippen LogP contribution is 2.34. The minimum atomic E-state index is 0.0914. The van der Waals surface area contributed by atoms with Crippen molar-refractivity contribution in [2.75, 3.05) is 0 Å². The minimum absolute atomic E-state index is 0.0914. The summed E-state index contributed by atoms with van der Waals surface area (Å²) >= 11 is 0. The highest BCUT2D eigenvalue weighted by atomic mass is 16.3. The van der Waals surface area contributed by atoms with Crippen molar-refractivity contribution in [2.45, 2.75) is 46.1 Å². The van der Waals surface area contributed by atoms with Crippen molar-refractivity contribution in [3.63, 3.8) is 0 Å². The summed E-state index contributed by atoms with van der Waals surface area (Å²) < 4.78 is 0. The molecule has 0 aromatic heterocycles. The second-order valence-electron chi connectivity index (χ2n) is 4.50. The molecule has 12 heavy (non-hydrogen) atoms. The second kappa shape index (κ2) is 4.01. The largest absolute Gasteiger partial charge is 0.151 e. The fourth-order valence-corrected chi connectivity index (χ4v) is 2.27. The summed E-state index contributed by atoms with van der Waals surface area (Å²) in [4.78, 5) is 10.6. The van der Waals surface area contributed by atoms with Crippen molar-refractivity contribution in [3.8, 4) is 0 Å². The van der Waals surface area contributed by atoms with Crippen LogP contribution in [0, 0.1) is 22.7 Å². The van der Waals surface area contributed by atoms with Crippen molar-refractivity contribution in [1.29, 1.82) is 0 Å². The molecule has 0 saturated heterocycles. The van der Waals surface area contributed by atoms with Crippen molar-refractivity contribution in [3.05, 3.63) is 4.91 Å². The van der Waals surface area contributed by atoms with Gasteiger partial charge in [0.05, 0.1) is 6.04 Å². The maximum Gasteiger partial charge on any atom is 0.0952 e. The van der Waals surface area contributed by atoms with E-state index in [1.807, 2.05) is 0 Å². The molecule has 0 aromatic carbocycles. The molecule has 0 amide bonds. The molecule has 2 heteroatoms. The van der Waals surface area contributed by atoms with Crippen LogP contribution in [0.2, 0.25) is 0 Å². The lowest BCUT2D eigenvalue weighted by Gasteiger charge is -2.32. The van der Waals surface area contributed by atoms with Crippen molar-refractivity contribution in [1.82, 2.24) is 0 Å². The van der Waals surface area contributed by atoms with E-state index >= 15 is 0 Å². The Morgan fingerprint density at radius 1 is 1.33 bits per heavy atom. The Morgan fingerprint density at radius 3 is 2.50 bits per heavy atom. The van der Waals surface area contributed by atoms with Crippen LogP contribution in [0.3, 0.4) is 0 Å². The molecule has 1 aliphatic rings. The zero-order chi connectivity index (χ0) is 9.14. The molecule has 0 aliphatic heterocycles. The first-order valence-corrected chi connectivity index (χ1v) is 4.97. The maximum atomic E-state index is 10.6. The molecule has 1 fully saturated rings. The molecule has 3 atom stereocenters. The quantitative estimate of drug-likeness (QED) is 0.583. The Labute approximate surface area is 74.7 Å². The average molecular weight is 169 g/mol. The van der Waals surface area contributed by atoms with Crippen LogP contribution in [0.25, 0.3) is 0 Å². The van der Waals surface area contributed by atoms with Crippen molar-refractivity contribution >= 4 is 0 Å². The predicted octanol–water partition coefficient (Wildman–Crippen LogP) is 3.21. The molecule has 1 rings (SSSR count). The Bertz CT molecular complexity index is 156. The topological polar surface area (TPSA) is 29.4 Å².